The first kappa shape index (κ1) is 45.7. The number of nitrogens with one attached hydrogen (secondary N) is 5. The van der Waals surface area contributed by atoms with Crippen LogP contribution in [-0.4, -0.2) is 89.9 Å². The van der Waals surface area contributed by atoms with E-state index in [0.29, 0.717) is 5.56 Å². The fraction of sp³-hybridized carbons (Fsp3) is 0.311. The Bertz CT molecular complexity index is 2290. The van der Waals surface area contributed by atoms with Gasteiger partial charge in [-0.2, -0.15) is 0 Å². The van der Waals surface area contributed by atoms with Crippen LogP contribution in [0.5, 0.6) is 0 Å². The van der Waals surface area contributed by atoms with Crippen molar-refractivity contribution in [2.24, 2.45) is 27.2 Å². The van der Waals surface area contributed by atoms with Gasteiger partial charge in [-0.05, 0) is 66.5 Å². The van der Waals surface area contributed by atoms with Crippen molar-refractivity contribution in [3.05, 3.63) is 121 Å². The molecule has 326 valence electrons. The molecular weight excluding hydrogens is 793 g/mol. The zero-order chi connectivity index (χ0) is 44.8. The summed E-state index contributed by atoms with van der Waals surface area (Å²) in [5.74, 6) is -4.11. The number of H-pyrrole nitrogens is 1. The molecule has 4 aromatic rings. The van der Waals surface area contributed by atoms with Gasteiger partial charge in [0.1, 0.15) is 36.3 Å². The van der Waals surface area contributed by atoms with Crippen LogP contribution in [0.3, 0.4) is 0 Å². The van der Waals surface area contributed by atoms with Gasteiger partial charge in [-0.1, -0.05) is 78.9 Å². The lowest BCUT2D eigenvalue weighted by molar-refractivity contribution is -0.251. The third kappa shape index (κ3) is 11.9. The molecule has 1 aliphatic carbocycles. The summed E-state index contributed by atoms with van der Waals surface area (Å²) < 4.78 is 5.59. The van der Waals surface area contributed by atoms with Crippen LogP contribution in [0.4, 0.5) is 0 Å². The third-order valence-electron chi connectivity index (χ3n) is 10.4. The van der Waals surface area contributed by atoms with Gasteiger partial charge < -0.3 is 53.3 Å². The molecule has 1 heterocycles. The Labute approximate surface area is 359 Å². The number of fused-ring (bicyclic) bond motifs is 4. The van der Waals surface area contributed by atoms with Crippen LogP contribution >= 0.6 is 0 Å². The second-order valence-electron chi connectivity index (χ2n) is 14.8. The molecule has 0 saturated heterocycles. The number of guanidine groups is 1. The van der Waals surface area contributed by atoms with Crippen LogP contribution in [0.1, 0.15) is 55.2 Å². The predicted octanol–water partition coefficient (Wildman–Crippen LogP) is 1.27. The highest BCUT2D eigenvalue weighted by molar-refractivity contribution is 5.96. The average Bonchev–Trinajstić information content (AvgIpc) is 3.81. The molecule has 3 aromatic carbocycles. The lowest BCUT2D eigenvalue weighted by Gasteiger charge is -2.26. The molecule has 5 rings (SSSR count). The number of para-hydroxylation sites is 1. The summed E-state index contributed by atoms with van der Waals surface area (Å²) in [5.41, 5.74) is 22.0. The maximum atomic E-state index is 14.1. The smallest absolute Gasteiger partial charge is 0.245 e. The second kappa shape index (κ2) is 21.7. The molecule has 0 unspecified atom stereocenters. The Balaban J connectivity index is 1.30. The van der Waals surface area contributed by atoms with E-state index in [-0.39, 0.29) is 57.1 Å². The van der Waals surface area contributed by atoms with Gasteiger partial charge >= 0.3 is 0 Å². The fourth-order valence-corrected chi connectivity index (χ4v) is 7.27. The van der Waals surface area contributed by atoms with Crippen molar-refractivity contribution in [1.29, 1.82) is 0 Å². The van der Waals surface area contributed by atoms with E-state index >= 15 is 0 Å². The van der Waals surface area contributed by atoms with Crippen molar-refractivity contribution in [3.63, 3.8) is 0 Å². The number of carbonyl (C=O) groups is 5. The van der Waals surface area contributed by atoms with Crippen molar-refractivity contribution in [1.82, 2.24) is 26.3 Å². The van der Waals surface area contributed by atoms with Crippen LogP contribution in [-0.2, 0) is 35.1 Å². The van der Waals surface area contributed by atoms with Crippen molar-refractivity contribution >= 4 is 52.5 Å². The lowest BCUT2D eigenvalue weighted by Crippen LogP contribution is -2.58. The fourth-order valence-electron chi connectivity index (χ4n) is 7.27. The van der Waals surface area contributed by atoms with Gasteiger partial charge in [0.25, 0.3) is 0 Å². The van der Waals surface area contributed by atoms with Gasteiger partial charge in [-0.15, -0.1) is 13.2 Å². The van der Waals surface area contributed by atoms with Gasteiger partial charge in [0.15, 0.2) is 5.96 Å². The number of nitrogens with zero attached hydrogens (tertiary/aromatic N) is 2. The zero-order valence-electron chi connectivity index (χ0n) is 34.5. The molecule has 0 saturated carbocycles. The molecule has 62 heavy (non-hydrogen) atoms. The van der Waals surface area contributed by atoms with Crippen LogP contribution in [0.15, 0.2) is 114 Å². The summed E-state index contributed by atoms with van der Waals surface area (Å²) in [7, 11) is 0. The average molecular weight is 846 g/mol. The molecule has 1 aromatic heterocycles. The minimum Gasteiger partial charge on any atom is -0.599 e. The molecule has 1 aliphatic rings. The SMILES string of the molecule is C=CC[C@H](N=C([O-])OCC1c2ccccc2-c2ccccc21)C(=O)N[C@@H](C)C(=O)N[C@@H](Cc1c[nH]c2ccccc12)C(=O)N[C@@H](CCCN=C(N)N)C(=O)N[C@@H](CC=C)C(N)=O. The normalized spacial score (nSPS) is 14.4. The molecule has 5 amide bonds. The van der Waals surface area contributed by atoms with Gasteiger partial charge in [-0.3, -0.25) is 34.0 Å². The second-order valence-corrected chi connectivity index (χ2v) is 14.8. The summed E-state index contributed by atoms with van der Waals surface area (Å²) in [6, 6.07) is 17.1. The van der Waals surface area contributed by atoms with Crippen molar-refractivity contribution in [2.45, 2.75) is 75.2 Å². The largest absolute Gasteiger partial charge is 0.599 e. The number of nitrogens with two attached hydrogens (primary N) is 3. The first-order chi connectivity index (χ1) is 29.8. The van der Waals surface area contributed by atoms with Crippen LogP contribution in [0.25, 0.3) is 22.0 Å². The van der Waals surface area contributed by atoms with Crippen molar-refractivity contribution in [3.8, 4) is 11.1 Å². The summed E-state index contributed by atoms with van der Waals surface area (Å²) in [6.07, 6.45) is 3.89. The van der Waals surface area contributed by atoms with Gasteiger partial charge in [0.2, 0.25) is 29.5 Å². The van der Waals surface area contributed by atoms with Crippen LogP contribution in [0, 0.1) is 0 Å². The molecule has 0 spiro atoms. The lowest BCUT2D eigenvalue weighted by atomic mass is 9.98. The van der Waals surface area contributed by atoms with E-state index in [1.165, 1.54) is 19.1 Å². The molecule has 11 N–H and O–H groups in total. The molecular formula is C45H53N10O7-. The molecule has 5 atom stereocenters. The molecule has 17 heteroatoms. The number of carbonyl (C=O) groups excluding carboxylic acids is 5. The van der Waals surface area contributed by atoms with Gasteiger partial charge in [-0.25, -0.2) is 0 Å². The van der Waals surface area contributed by atoms with E-state index in [4.69, 9.17) is 21.9 Å². The highest BCUT2D eigenvalue weighted by atomic mass is 16.6. The standard InChI is InChI=1S/C45H54N10O7/c1-4-13-35(39(46)56)52-42(59)37(21-12-22-49-44(47)48)53-43(60)38(23-27-24-50-34-20-11-10-15-28(27)34)54-40(57)26(3)51-41(58)36(14-5-2)55-45(61)62-25-33-31-18-8-6-16-29(31)30-17-7-9-19-32(30)33/h4-11,15-20,24,26,33,35-38,50H,1-2,12-14,21-23,25H2,3H3,(H2,46,56)(H,51,58)(H,52,59)(H,53,60)(H,54,57)(H,55,61)(H4,47,48,49)/p-1/t26-,35-,36-,37-,38-/m0/s1. The highest BCUT2D eigenvalue weighted by Crippen LogP contribution is 2.44. The van der Waals surface area contributed by atoms with Gasteiger partial charge in [0, 0.05) is 42.6 Å². The summed E-state index contributed by atoms with van der Waals surface area (Å²) in [4.78, 5) is 78.1. The molecule has 0 aliphatic heterocycles. The monoisotopic (exact) mass is 845 g/mol. The molecule has 0 radical (unpaired) electrons. The molecule has 0 bridgehead atoms. The van der Waals surface area contributed by atoms with Crippen molar-refractivity contribution < 1.29 is 33.8 Å². The number of aromatic amines is 1. The Morgan fingerprint density at radius 2 is 1.39 bits per heavy atom. The number of hydrogen-bond acceptors (Lipinski definition) is 9. The Kier molecular flexibility index (Phi) is 16.0. The molecule has 17 nitrogen and oxygen atoms in total. The van der Waals surface area contributed by atoms with E-state index in [1.807, 2.05) is 72.8 Å². The number of aromatic nitrogens is 1. The maximum absolute atomic E-state index is 14.1. The van der Waals surface area contributed by atoms with Gasteiger partial charge in [0.05, 0.1) is 0 Å². The summed E-state index contributed by atoms with van der Waals surface area (Å²) >= 11 is 0. The Hall–Kier alpha value is -7.43. The van der Waals surface area contributed by atoms with Crippen LogP contribution < -0.4 is 43.6 Å². The quantitative estimate of drug-likeness (QED) is 0.0244. The highest BCUT2D eigenvalue weighted by Gasteiger charge is 2.32. The van der Waals surface area contributed by atoms with E-state index in [0.717, 1.165) is 33.2 Å². The number of benzene rings is 3. The number of rotatable bonds is 22. The van der Waals surface area contributed by atoms with E-state index in [1.54, 1.807) is 6.20 Å². The van der Waals surface area contributed by atoms with Crippen molar-refractivity contribution in [2.75, 3.05) is 13.2 Å². The first-order valence-electron chi connectivity index (χ1n) is 20.2. The Morgan fingerprint density at radius 3 is 2.03 bits per heavy atom. The number of primary amides is 1. The minimum absolute atomic E-state index is 0.00316. The maximum Gasteiger partial charge on any atom is 0.245 e. The van der Waals surface area contributed by atoms with E-state index < -0.39 is 65.8 Å². The molecule has 0 fully saturated rings. The topological polar surface area (TPSA) is 284 Å². The minimum atomic E-state index is -1.27. The predicted molar refractivity (Wildman–Crippen MR) is 235 cm³/mol. The van der Waals surface area contributed by atoms with E-state index in [2.05, 4.69) is 49.4 Å². The first-order valence-corrected chi connectivity index (χ1v) is 20.2. The third-order valence-corrected chi connectivity index (χ3v) is 10.4. The number of amides is 5. The number of ether oxygens (including phenoxy) is 1. The zero-order valence-corrected chi connectivity index (χ0v) is 34.5. The Morgan fingerprint density at radius 1 is 0.790 bits per heavy atom. The summed E-state index contributed by atoms with van der Waals surface area (Å²) in [6.45, 7) is 8.84. The van der Waals surface area contributed by atoms with E-state index in [9.17, 15) is 29.1 Å². The summed E-state index contributed by atoms with van der Waals surface area (Å²) in [5, 5.41) is 24.4. The number of hydrogen-bond donors (Lipinski definition) is 8. The number of aliphatic imine (C=N–C) groups is 2. The van der Waals surface area contributed by atoms with Crippen LogP contribution in [0.2, 0.25) is 0 Å².